The zero-order valence-corrected chi connectivity index (χ0v) is 11.7. The zero-order valence-electron chi connectivity index (χ0n) is 11.7. The summed E-state index contributed by atoms with van der Waals surface area (Å²) in [6.07, 6.45) is 8.74. The fourth-order valence-electron chi connectivity index (χ4n) is 2.14. The summed E-state index contributed by atoms with van der Waals surface area (Å²) in [5.41, 5.74) is 0. The van der Waals surface area contributed by atoms with Gasteiger partial charge in [-0.25, -0.2) is 4.98 Å². The van der Waals surface area contributed by atoms with E-state index in [1.54, 1.807) is 0 Å². The smallest absolute Gasteiger partial charge is 0.108 e. The third-order valence-corrected chi connectivity index (χ3v) is 3.00. The van der Waals surface area contributed by atoms with Crippen molar-refractivity contribution in [2.45, 2.75) is 65.5 Å². The Bertz CT molecular complexity index is 304. The lowest BCUT2D eigenvalue weighted by atomic mass is 10.1. The van der Waals surface area contributed by atoms with Gasteiger partial charge in [0, 0.05) is 37.4 Å². The molecule has 1 heterocycles. The zero-order chi connectivity index (χ0) is 12.7. The molecule has 3 nitrogen and oxygen atoms in total. The van der Waals surface area contributed by atoms with Gasteiger partial charge in [-0.15, -0.1) is 0 Å². The maximum absolute atomic E-state index is 4.47. The van der Waals surface area contributed by atoms with Gasteiger partial charge in [-0.3, -0.25) is 0 Å². The van der Waals surface area contributed by atoms with Crippen LogP contribution in [0, 0.1) is 0 Å². The van der Waals surface area contributed by atoms with Gasteiger partial charge in [0.25, 0.3) is 0 Å². The highest BCUT2D eigenvalue weighted by Crippen LogP contribution is 2.16. The van der Waals surface area contributed by atoms with E-state index in [1.165, 1.54) is 18.7 Å². The van der Waals surface area contributed by atoms with Crippen LogP contribution in [0.15, 0.2) is 12.4 Å². The van der Waals surface area contributed by atoms with Crippen LogP contribution in [0.4, 0.5) is 0 Å². The molecule has 0 amide bonds. The van der Waals surface area contributed by atoms with Crippen molar-refractivity contribution in [2.24, 2.45) is 0 Å². The van der Waals surface area contributed by atoms with Crippen LogP contribution >= 0.6 is 0 Å². The molecule has 3 heteroatoms. The van der Waals surface area contributed by atoms with Crippen LogP contribution in [0.2, 0.25) is 0 Å². The summed E-state index contributed by atoms with van der Waals surface area (Å²) < 4.78 is 2.36. The molecule has 1 atom stereocenters. The van der Waals surface area contributed by atoms with Crippen molar-refractivity contribution in [3.8, 4) is 0 Å². The number of nitrogens with zero attached hydrogens (tertiary/aromatic N) is 2. The second kappa shape index (κ2) is 7.49. The fourth-order valence-corrected chi connectivity index (χ4v) is 2.14. The van der Waals surface area contributed by atoms with Crippen molar-refractivity contribution in [1.29, 1.82) is 0 Å². The average molecular weight is 237 g/mol. The summed E-state index contributed by atoms with van der Waals surface area (Å²) in [4.78, 5) is 4.47. The highest BCUT2D eigenvalue weighted by Gasteiger charge is 2.13. The molecule has 98 valence electrons. The predicted octanol–water partition coefficient (Wildman–Crippen LogP) is 3.17. The van der Waals surface area contributed by atoms with Gasteiger partial charge in [0.05, 0.1) is 0 Å². The molecular formula is C14H27N3. The number of hydrogen-bond acceptors (Lipinski definition) is 2. The SMILES string of the molecule is CCCc1nccn1C(CCC)CNC(C)C. The van der Waals surface area contributed by atoms with Crippen molar-refractivity contribution < 1.29 is 0 Å². The number of imidazole rings is 1. The van der Waals surface area contributed by atoms with E-state index >= 15 is 0 Å². The monoisotopic (exact) mass is 237 g/mol. The predicted molar refractivity (Wildman–Crippen MR) is 73.3 cm³/mol. The minimum atomic E-state index is 0.548. The molecule has 0 aliphatic heterocycles. The molecule has 0 aliphatic rings. The average Bonchev–Trinajstić information content (AvgIpc) is 2.73. The number of nitrogens with one attached hydrogen (secondary N) is 1. The molecule has 1 aromatic rings. The first-order valence-electron chi connectivity index (χ1n) is 6.94. The number of hydrogen-bond donors (Lipinski definition) is 1. The third kappa shape index (κ3) is 4.50. The lowest BCUT2D eigenvalue weighted by Crippen LogP contribution is -2.31. The van der Waals surface area contributed by atoms with Crippen LogP contribution < -0.4 is 5.32 Å². The molecule has 0 saturated carbocycles. The molecule has 0 spiro atoms. The first-order chi connectivity index (χ1) is 8.19. The Morgan fingerprint density at radius 1 is 1.29 bits per heavy atom. The molecule has 0 radical (unpaired) electrons. The van der Waals surface area contributed by atoms with Crippen molar-refractivity contribution in [2.75, 3.05) is 6.54 Å². The molecule has 17 heavy (non-hydrogen) atoms. The normalized spacial score (nSPS) is 13.2. The van der Waals surface area contributed by atoms with Gasteiger partial charge >= 0.3 is 0 Å². The first kappa shape index (κ1) is 14.2. The van der Waals surface area contributed by atoms with Gasteiger partial charge < -0.3 is 9.88 Å². The highest BCUT2D eigenvalue weighted by atomic mass is 15.1. The van der Waals surface area contributed by atoms with Crippen LogP contribution in [0.3, 0.4) is 0 Å². The first-order valence-corrected chi connectivity index (χ1v) is 6.94. The molecule has 1 rings (SSSR count). The van der Waals surface area contributed by atoms with E-state index in [-0.39, 0.29) is 0 Å². The van der Waals surface area contributed by atoms with Crippen LogP contribution in [-0.4, -0.2) is 22.1 Å². The Hall–Kier alpha value is -0.830. The van der Waals surface area contributed by atoms with Crippen LogP contribution in [0.1, 0.15) is 58.8 Å². The maximum atomic E-state index is 4.47. The summed E-state index contributed by atoms with van der Waals surface area (Å²) in [5.74, 6) is 1.23. The van der Waals surface area contributed by atoms with Crippen LogP contribution in [0.25, 0.3) is 0 Å². The van der Waals surface area contributed by atoms with Crippen molar-refractivity contribution in [3.05, 3.63) is 18.2 Å². The largest absolute Gasteiger partial charge is 0.331 e. The second-order valence-corrected chi connectivity index (χ2v) is 5.01. The van der Waals surface area contributed by atoms with E-state index in [0.717, 1.165) is 19.4 Å². The van der Waals surface area contributed by atoms with Gasteiger partial charge in [-0.1, -0.05) is 34.1 Å². The molecule has 0 bridgehead atoms. The lowest BCUT2D eigenvalue weighted by molar-refractivity contribution is 0.400. The quantitative estimate of drug-likeness (QED) is 0.752. The minimum Gasteiger partial charge on any atom is -0.331 e. The molecule has 1 unspecified atom stereocenters. The number of rotatable bonds is 8. The second-order valence-electron chi connectivity index (χ2n) is 5.01. The Morgan fingerprint density at radius 2 is 2.06 bits per heavy atom. The Balaban J connectivity index is 2.70. The standard InChI is InChI=1S/C14H27N3/c1-5-7-13(11-16-12(3)4)17-10-9-15-14(17)8-6-2/h9-10,12-13,16H,5-8,11H2,1-4H3. The van der Waals surface area contributed by atoms with E-state index in [9.17, 15) is 0 Å². The van der Waals surface area contributed by atoms with Gasteiger partial charge in [-0.2, -0.15) is 0 Å². The van der Waals surface area contributed by atoms with E-state index in [4.69, 9.17) is 0 Å². The summed E-state index contributed by atoms with van der Waals surface area (Å²) in [7, 11) is 0. The number of aryl methyl sites for hydroxylation is 1. The Labute approximate surface area is 106 Å². The van der Waals surface area contributed by atoms with Gasteiger partial charge in [0.2, 0.25) is 0 Å². The van der Waals surface area contributed by atoms with Crippen molar-refractivity contribution in [3.63, 3.8) is 0 Å². The molecule has 1 N–H and O–H groups in total. The van der Waals surface area contributed by atoms with Crippen LogP contribution in [-0.2, 0) is 6.42 Å². The third-order valence-electron chi connectivity index (χ3n) is 3.00. The molecule has 0 saturated heterocycles. The van der Waals surface area contributed by atoms with Crippen LogP contribution in [0.5, 0.6) is 0 Å². The highest BCUT2D eigenvalue weighted by molar-refractivity contribution is 4.96. The molecule has 1 aromatic heterocycles. The molecular weight excluding hydrogens is 210 g/mol. The summed E-state index contributed by atoms with van der Waals surface area (Å²) in [5, 5.41) is 3.54. The van der Waals surface area contributed by atoms with E-state index in [0.29, 0.717) is 12.1 Å². The fraction of sp³-hybridized carbons (Fsp3) is 0.786. The van der Waals surface area contributed by atoms with Gasteiger partial charge in [0.1, 0.15) is 5.82 Å². The Kier molecular flexibility index (Phi) is 6.27. The molecule has 0 aliphatic carbocycles. The lowest BCUT2D eigenvalue weighted by Gasteiger charge is -2.22. The molecule has 0 aromatic carbocycles. The van der Waals surface area contributed by atoms with Crippen molar-refractivity contribution >= 4 is 0 Å². The summed E-state index contributed by atoms with van der Waals surface area (Å²) in [6, 6.07) is 1.10. The van der Waals surface area contributed by atoms with Crippen molar-refractivity contribution in [1.82, 2.24) is 14.9 Å². The maximum Gasteiger partial charge on any atom is 0.108 e. The van der Waals surface area contributed by atoms with Gasteiger partial charge in [-0.05, 0) is 12.8 Å². The van der Waals surface area contributed by atoms with E-state index < -0.39 is 0 Å². The summed E-state index contributed by atoms with van der Waals surface area (Å²) in [6.45, 7) is 9.89. The van der Waals surface area contributed by atoms with Gasteiger partial charge in [0.15, 0.2) is 0 Å². The Morgan fingerprint density at radius 3 is 2.65 bits per heavy atom. The molecule has 0 fully saturated rings. The van der Waals surface area contributed by atoms with E-state index in [1.807, 2.05) is 6.20 Å². The van der Waals surface area contributed by atoms with E-state index in [2.05, 4.69) is 48.8 Å². The summed E-state index contributed by atoms with van der Waals surface area (Å²) >= 11 is 0. The minimum absolute atomic E-state index is 0.548. The number of aromatic nitrogens is 2. The topological polar surface area (TPSA) is 29.9 Å².